The summed E-state index contributed by atoms with van der Waals surface area (Å²) in [7, 11) is 0. The van der Waals surface area contributed by atoms with Crippen molar-refractivity contribution in [2.75, 3.05) is 18.1 Å². The fourth-order valence-corrected chi connectivity index (χ4v) is 2.56. The van der Waals surface area contributed by atoms with Crippen molar-refractivity contribution < 1.29 is 19.7 Å². The Labute approximate surface area is 148 Å². The Morgan fingerprint density at radius 2 is 1.72 bits per heavy atom. The number of aliphatic hydroxyl groups excluding tert-OH is 1. The summed E-state index contributed by atoms with van der Waals surface area (Å²) < 4.78 is 5.34. The maximum atomic E-state index is 10.8. The molecule has 0 amide bonds. The third kappa shape index (κ3) is 5.50. The van der Waals surface area contributed by atoms with Crippen LogP contribution in [0.25, 0.3) is 0 Å². The molecule has 5 heteroatoms. The van der Waals surface area contributed by atoms with Crippen LogP contribution in [0.3, 0.4) is 0 Å². The number of carboxylic acids is 1. The van der Waals surface area contributed by atoms with E-state index in [1.165, 1.54) is 6.92 Å². The molecule has 0 aliphatic rings. The number of rotatable bonds is 9. The molecule has 5 nitrogen and oxygen atoms in total. The molecule has 0 radical (unpaired) electrons. The largest absolute Gasteiger partial charge is 0.479 e. The molecule has 2 N–H and O–H groups in total. The zero-order chi connectivity index (χ0) is 18.2. The minimum atomic E-state index is -0.986. The monoisotopic (exact) mass is 343 g/mol. The number of carboxylic acid groups (broad SMARTS) is 1. The lowest BCUT2D eigenvalue weighted by Gasteiger charge is -2.30. The van der Waals surface area contributed by atoms with E-state index in [-0.39, 0.29) is 12.6 Å². The van der Waals surface area contributed by atoms with Crippen molar-refractivity contribution in [3.8, 4) is 5.75 Å². The molecule has 0 heterocycles. The topological polar surface area (TPSA) is 70.0 Å². The molecule has 2 aromatic carbocycles. The van der Waals surface area contributed by atoms with Gasteiger partial charge >= 0.3 is 5.97 Å². The number of carbonyl (C=O) groups is 1. The fourth-order valence-electron chi connectivity index (χ4n) is 2.56. The Bertz CT molecular complexity index is 657. The van der Waals surface area contributed by atoms with Gasteiger partial charge < -0.3 is 19.8 Å². The zero-order valence-electron chi connectivity index (χ0n) is 14.6. The molecule has 134 valence electrons. The summed E-state index contributed by atoms with van der Waals surface area (Å²) in [6, 6.07) is 17.5. The number of aliphatic carboxylic acids is 1. The normalized spacial score (nSPS) is 13.1. The van der Waals surface area contributed by atoms with E-state index in [1.54, 1.807) is 12.1 Å². The first-order valence-corrected chi connectivity index (χ1v) is 8.42. The Hall–Kier alpha value is -2.53. The van der Waals surface area contributed by atoms with Gasteiger partial charge in [-0.25, -0.2) is 4.79 Å². The number of ether oxygens (including phenoxy) is 1. The molecule has 1 unspecified atom stereocenters. The number of benzene rings is 2. The summed E-state index contributed by atoms with van der Waals surface area (Å²) in [5.41, 5.74) is 2.21. The lowest BCUT2D eigenvalue weighted by atomic mass is 10.1. The second kappa shape index (κ2) is 9.08. The van der Waals surface area contributed by atoms with Crippen LogP contribution in [0.2, 0.25) is 0 Å². The summed E-state index contributed by atoms with van der Waals surface area (Å²) in [6.45, 7) is 4.37. The van der Waals surface area contributed by atoms with Crippen molar-refractivity contribution in [2.45, 2.75) is 32.4 Å². The van der Waals surface area contributed by atoms with E-state index < -0.39 is 12.1 Å². The second-order valence-electron chi connectivity index (χ2n) is 6.05. The predicted molar refractivity (Wildman–Crippen MR) is 98.2 cm³/mol. The van der Waals surface area contributed by atoms with Crippen LogP contribution in [0, 0.1) is 0 Å². The molecule has 2 atom stereocenters. The van der Waals surface area contributed by atoms with Gasteiger partial charge in [0.15, 0.2) is 6.10 Å². The lowest BCUT2D eigenvalue weighted by Crippen LogP contribution is -2.37. The van der Waals surface area contributed by atoms with Gasteiger partial charge in [0.2, 0.25) is 0 Å². The van der Waals surface area contributed by atoms with Crippen LogP contribution in [-0.4, -0.2) is 41.5 Å². The van der Waals surface area contributed by atoms with Crippen LogP contribution >= 0.6 is 0 Å². The van der Waals surface area contributed by atoms with E-state index in [1.807, 2.05) is 49.4 Å². The Balaban J connectivity index is 1.99. The SMILES string of the molecule is CC(CO)N(CCc1ccc(O[C@H](C)C(=O)O)cc1)c1ccccc1. The number of para-hydroxylation sites is 1. The number of aliphatic hydroxyl groups is 1. The van der Waals surface area contributed by atoms with Crippen LogP contribution < -0.4 is 9.64 Å². The lowest BCUT2D eigenvalue weighted by molar-refractivity contribution is -0.144. The molecule has 2 rings (SSSR count). The minimum absolute atomic E-state index is 0.0291. The second-order valence-corrected chi connectivity index (χ2v) is 6.05. The summed E-state index contributed by atoms with van der Waals surface area (Å²) >= 11 is 0. The number of hydrogen-bond acceptors (Lipinski definition) is 4. The molecule has 2 aromatic rings. The highest BCUT2D eigenvalue weighted by atomic mass is 16.5. The quantitative estimate of drug-likeness (QED) is 0.732. The van der Waals surface area contributed by atoms with Gasteiger partial charge in [0, 0.05) is 18.3 Å². The van der Waals surface area contributed by atoms with Crippen LogP contribution in [0.15, 0.2) is 54.6 Å². The highest BCUT2D eigenvalue weighted by molar-refractivity contribution is 5.72. The Morgan fingerprint density at radius 1 is 1.08 bits per heavy atom. The van der Waals surface area contributed by atoms with Crippen LogP contribution in [0.5, 0.6) is 5.75 Å². The van der Waals surface area contributed by atoms with E-state index in [9.17, 15) is 9.90 Å². The maximum absolute atomic E-state index is 10.8. The standard InChI is InChI=1S/C20H25NO4/c1-15(14-22)21(18-6-4-3-5-7-18)13-12-17-8-10-19(11-9-17)25-16(2)20(23)24/h3-11,15-16,22H,12-14H2,1-2H3,(H,23,24)/t15?,16-/m1/s1. The molecule has 0 bridgehead atoms. The first-order chi connectivity index (χ1) is 12.0. The number of nitrogens with zero attached hydrogens (tertiary/aromatic N) is 1. The number of hydrogen-bond donors (Lipinski definition) is 2. The zero-order valence-corrected chi connectivity index (χ0v) is 14.6. The van der Waals surface area contributed by atoms with Gasteiger partial charge in [-0.2, -0.15) is 0 Å². The molecule has 25 heavy (non-hydrogen) atoms. The van der Waals surface area contributed by atoms with Gasteiger partial charge in [0.1, 0.15) is 5.75 Å². The van der Waals surface area contributed by atoms with Crippen molar-refractivity contribution in [2.24, 2.45) is 0 Å². The molecule has 0 saturated carbocycles. The van der Waals surface area contributed by atoms with E-state index in [4.69, 9.17) is 9.84 Å². The minimum Gasteiger partial charge on any atom is -0.479 e. The molecule has 0 aromatic heterocycles. The summed E-state index contributed by atoms with van der Waals surface area (Å²) in [4.78, 5) is 13.0. The molecule has 0 saturated heterocycles. The molecule has 0 aliphatic carbocycles. The summed E-state index contributed by atoms with van der Waals surface area (Å²) in [5.74, 6) is -0.442. The third-order valence-corrected chi connectivity index (χ3v) is 4.11. The first-order valence-electron chi connectivity index (χ1n) is 8.42. The smallest absolute Gasteiger partial charge is 0.344 e. The molecule has 0 aliphatic heterocycles. The highest BCUT2D eigenvalue weighted by Crippen LogP contribution is 2.19. The maximum Gasteiger partial charge on any atom is 0.344 e. The van der Waals surface area contributed by atoms with Crippen molar-refractivity contribution >= 4 is 11.7 Å². The van der Waals surface area contributed by atoms with Crippen molar-refractivity contribution in [3.05, 3.63) is 60.2 Å². The van der Waals surface area contributed by atoms with Crippen molar-refractivity contribution in [3.63, 3.8) is 0 Å². The number of anilines is 1. The third-order valence-electron chi connectivity index (χ3n) is 4.11. The Morgan fingerprint density at radius 3 is 2.28 bits per heavy atom. The van der Waals surface area contributed by atoms with Gasteiger partial charge in [0.25, 0.3) is 0 Å². The van der Waals surface area contributed by atoms with E-state index >= 15 is 0 Å². The summed E-state index contributed by atoms with van der Waals surface area (Å²) in [5, 5.41) is 18.4. The van der Waals surface area contributed by atoms with Crippen LogP contribution in [-0.2, 0) is 11.2 Å². The fraction of sp³-hybridized carbons (Fsp3) is 0.350. The summed E-state index contributed by atoms with van der Waals surface area (Å²) in [6.07, 6.45) is -0.0570. The van der Waals surface area contributed by atoms with Crippen LogP contribution in [0.4, 0.5) is 5.69 Å². The molecule has 0 fully saturated rings. The molecular weight excluding hydrogens is 318 g/mol. The predicted octanol–water partition coefficient (Wildman–Crippen LogP) is 2.97. The van der Waals surface area contributed by atoms with Gasteiger partial charge in [-0.1, -0.05) is 30.3 Å². The first kappa shape index (κ1) is 18.8. The average molecular weight is 343 g/mol. The molecular formula is C20H25NO4. The van der Waals surface area contributed by atoms with Gasteiger partial charge in [-0.05, 0) is 50.1 Å². The van der Waals surface area contributed by atoms with Gasteiger partial charge in [-0.3, -0.25) is 0 Å². The van der Waals surface area contributed by atoms with E-state index in [2.05, 4.69) is 4.90 Å². The average Bonchev–Trinajstić information content (AvgIpc) is 2.63. The van der Waals surface area contributed by atoms with E-state index in [0.717, 1.165) is 24.2 Å². The Kier molecular flexibility index (Phi) is 6.83. The van der Waals surface area contributed by atoms with Crippen molar-refractivity contribution in [1.82, 2.24) is 0 Å². The molecule has 0 spiro atoms. The van der Waals surface area contributed by atoms with Gasteiger partial charge in [0.05, 0.1) is 6.61 Å². The highest BCUT2D eigenvalue weighted by Gasteiger charge is 2.14. The van der Waals surface area contributed by atoms with E-state index in [0.29, 0.717) is 5.75 Å². The van der Waals surface area contributed by atoms with Crippen molar-refractivity contribution in [1.29, 1.82) is 0 Å². The van der Waals surface area contributed by atoms with Gasteiger partial charge in [-0.15, -0.1) is 0 Å². The van der Waals surface area contributed by atoms with Crippen LogP contribution in [0.1, 0.15) is 19.4 Å².